The van der Waals surface area contributed by atoms with Crippen molar-refractivity contribution in [1.29, 1.82) is 0 Å². The molecule has 0 spiro atoms. The van der Waals surface area contributed by atoms with Crippen LogP contribution in [0.15, 0.2) is 60.7 Å². The molecule has 110 valence electrons. The van der Waals surface area contributed by atoms with Crippen LogP contribution in [0.25, 0.3) is 22.5 Å². The first-order valence-corrected chi connectivity index (χ1v) is 6.67. The monoisotopic (exact) mass is 294 g/mol. The minimum absolute atomic E-state index is 0.252. The van der Waals surface area contributed by atoms with Gasteiger partial charge in [-0.2, -0.15) is 0 Å². The average Bonchev–Trinajstić information content (AvgIpc) is 2.61. The predicted molar refractivity (Wildman–Crippen MR) is 83.7 cm³/mol. The smallest absolute Gasteiger partial charge is 0.121 e. The maximum Gasteiger partial charge on any atom is 0.121 e. The molecule has 0 saturated heterocycles. The van der Waals surface area contributed by atoms with Gasteiger partial charge < -0.3 is 0 Å². The average molecular weight is 294 g/mol. The molecule has 2 aromatic carbocycles. The third kappa shape index (κ3) is 2.48. The van der Waals surface area contributed by atoms with E-state index in [1.165, 1.54) is 0 Å². The zero-order valence-electron chi connectivity index (χ0n) is 11.6. The van der Waals surface area contributed by atoms with Crippen molar-refractivity contribution in [1.82, 2.24) is 10.2 Å². The van der Waals surface area contributed by atoms with Gasteiger partial charge in [0.1, 0.15) is 22.8 Å². The fraction of sp³-hybridized carbons (Fsp3) is 0. The van der Waals surface area contributed by atoms with Crippen molar-refractivity contribution in [2.75, 3.05) is 11.0 Å². The van der Waals surface area contributed by atoms with Crippen LogP contribution in [0.1, 0.15) is 0 Å². The van der Waals surface area contributed by atoms with E-state index in [2.05, 4.69) is 21.2 Å². The van der Waals surface area contributed by atoms with Gasteiger partial charge in [-0.15, -0.1) is 10.2 Å². The highest BCUT2D eigenvalue weighted by Crippen LogP contribution is 2.37. The van der Waals surface area contributed by atoms with Gasteiger partial charge in [0.15, 0.2) is 0 Å². The molecule has 0 aliphatic carbocycles. The Morgan fingerprint density at radius 3 is 1.27 bits per heavy atom. The minimum atomic E-state index is 0.252. The predicted octanol–water partition coefficient (Wildman–Crippen LogP) is 3.41. The van der Waals surface area contributed by atoms with E-state index >= 15 is 0 Å². The molecule has 6 nitrogen and oxygen atoms in total. The van der Waals surface area contributed by atoms with E-state index in [1.807, 2.05) is 60.7 Å². The molecule has 0 aliphatic rings. The van der Waals surface area contributed by atoms with Crippen molar-refractivity contribution in [2.24, 2.45) is 0 Å². The summed E-state index contributed by atoms with van der Waals surface area (Å²) >= 11 is 0. The molecule has 22 heavy (non-hydrogen) atoms. The van der Waals surface area contributed by atoms with Crippen LogP contribution in [0.5, 0.6) is 0 Å². The summed E-state index contributed by atoms with van der Waals surface area (Å²) in [4.78, 5) is 0. The van der Waals surface area contributed by atoms with Crippen LogP contribution in [-0.4, -0.2) is 20.6 Å². The zero-order chi connectivity index (χ0) is 15.4. The largest absolute Gasteiger partial charge is 0.291 e. The highest BCUT2D eigenvalue weighted by Gasteiger charge is 2.18. The molecule has 6 heteroatoms. The highest BCUT2D eigenvalue weighted by molar-refractivity contribution is 5.90. The van der Waals surface area contributed by atoms with Crippen molar-refractivity contribution in [3.63, 3.8) is 0 Å². The van der Waals surface area contributed by atoms with Crippen molar-refractivity contribution in [2.45, 2.75) is 0 Å². The molecule has 3 aromatic rings. The van der Waals surface area contributed by atoms with Crippen molar-refractivity contribution in [3.05, 3.63) is 60.7 Å². The maximum atomic E-state index is 9.49. The summed E-state index contributed by atoms with van der Waals surface area (Å²) in [5, 5.41) is 27.4. The normalized spacial score (nSPS) is 10.3. The lowest BCUT2D eigenvalue weighted by Crippen LogP contribution is -2.06. The second-order valence-corrected chi connectivity index (χ2v) is 4.60. The number of benzene rings is 2. The van der Waals surface area contributed by atoms with E-state index < -0.39 is 0 Å². The van der Waals surface area contributed by atoms with E-state index in [1.54, 1.807) is 0 Å². The van der Waals surface area contributed by atoms with Crippen LogP contribution >= 0.6 is 0 Å². The van der Waals surface area contributed by atoms with Crippen LogP contribution in [-0.2, 0) is 0 Å². The number of anilines is 2. The molecule has 0 fully saturated rings. The highest BCUT2D eigenvalue weighted by atomic mass is 16.5. The van der Waals surface area contributed by atoms with E-state index in [9.17, 15) is 10.4 Å². The molecule has 0 unspecified atom stereocenters. The number of aromatic nitrogens is 2. The quantitative estimate of drug-likeness (QED) is 0.551. The van der Waals surface area contributed by atoms with Gasteiger partial charge >= 0.3 is 0 Å². The van der Waals surface area contributed by atoms with Crippen LogP contribution in [0.4, 0.5) is 11.4 Å². The van der Waals surface area contributed by atoms with Gasteiger partial charge in [0.25, 0.3) is 0 Å². The van der Waals surface area contributed by atoms with Crippen LogP contribution < -0.4 is 11.0 Å². The van der Waals surface area contributed by atoms with Crippen molar-refractivity contribution in [3.8, 4) is 22.5 Å². The van der Waals surface area contributed by atoms with Gasteiger partial charge in [0, 0.05) is 11.1 Å². The van der Waals surface area contributed by atoms with Gasteiger partial charge in [-0.05, 0) is 0 Å². The second-order valence-electron chi connectivity index (χ2n) is 4.60. The molecule has 4 N–H and O–H groups in total. The SMILES string of the molecule is ONc1c(-c2ccccc2)nnc(-c2ccccc2)c1NO. The molecule has 0 aliphatic heterocycles. The topological polar surface area (TPSA) is 90.3 Å². The summed E-state index contributed by atoms with van der Waals surface area (Å²) in [6.07, 6.45) is 0. The number of rotatable bonds is 4. The summed E-state index contributed by atoms with van der Waals surface area (Å²) in [7, 11) is 0. The van der Waals surface area contributed by atoms with Crippen LogP contribution in [0.2, 0.25) is 0 Å². The first-order valence-electron chi connectivity index (χ1n) is 6.67. The molecule has 1 heterocycles. The first kappa shape index (κ1) is 14.0. The summed E-state index contributed by atoms with van der Waals surface area (Å²) in [6.45, 7) is 0. The Morgan fingerprint density at radius 1 is 0.591 bits per heavy atom. The Hall–Kier alpha value is -2.96. The number of nitrogens with one attached hydrogen (secondary N) is 2. The summed E-state index contributed by atoms with van der Waals surface area (Å²) in [6, 6.07) is 18.6. The Kier molecular flexibility index (Phi) is 3.95. The van der Waals surface area contributed by atoms with Crippen LogP contribution in [0, 0.1) is 0 Å². The Bertz CT molecular complexity index is 697. The molecular formula is C16H14N4O2. The number of hydrogen-bond acceptors (Lipinski definition) is 6. The molecule has 0 bridgehead atoms. The van der Waals surface area contributed by atoms with Gasteiger partial charge in [-0.1, -0.05) is 60.7 Å². The molecule has 0 amide bonds. The molecule has 1 aromatic heterocycles. The van der Waals surface area contributed by atoms with E-state index in [-0.39, 0.29) is 11.4 Å². The number of hydrogen-bond donors (Lipinski definition) is 4. The van der Waals surface area contributed by atoms with Crippen molar-refractivity contribution >= 4 is 11.4 Å². The lowest BCUT2D eigenvalue weighted by atomic mass is 10.1. The Labute approximate surface area is 127 Å². The lowest BCUT2D eigenvalue weighted by Gasteiger charge is -2.14. The molecule has 3 rings (SSSR count). The van der Waals surface area contributed by atoms with Gasteiger partial charge in [0.05, 0.1) is 0 Å². The van der Waals surface area contributed by atoms with Crippen LogP contribution in [0.3, 0.4) is 0 Å². The van der Waals surface area contributed by atoms with Gasteiger partial charge in [-0.3, -0.25) is 21.4 Å². The third-order valence-corrected chi connectivity index (χ3v) is 3.29. The molecule has 0 radical (unpaired) electrons. The minimum Gasteiger partial charge on any atom is -0.291 e. The zero-order valence-corrected chi connectivity index (χ0v) is 11.6. The maximum absolute atomic E-state index is 9.49. The van der Waals surface area contributed by atoms with Crippen molar-refractivity contribution < 1.29 is 10.4 Å². The van der Waals surface area contributed by atoms with E-state index in [4.69, 9.17) is 0 Å². The molecular weight excluding hydrogens is 280 g/mol. The fourth-order valence-corrected chi connectivity index (χ4v) is 2.25. The summed E-state index contributed by atoms with van der Waals surface area (Å²) in [5.74, 6) is 0. The van der Waals surface area contributed by atoms with E-state index in [0.717, 1.165) is 11.1 Å². The van der Waals surface area contributed by atoms with E-state index in [0.29, 0.717) is 11.4 Å². The second kappa shape index (κ2) is 6.21. The Balaban J connectivity index is 2.21. The number of nitrogens with zero attached hydrogens (tertiary/aromatic N) is 2. The standard InChI is InChI=1S/C16H14N4O2/c21-19-15-13(11-7-3-1-4-8-11)17-18-14(16(15)20-22)12-9-5-2-6-10-12/h1-10,21-22H,(H,17,20)(H,18,19). The molecule has 0 atom stereocenters. The van der Waals surface area contributed by atoms with Gasteiger partial charge in [-0.25, -0.2) is 0 Å². The van der Waals surface area contributed by atoms with Gasteiger partial charge in [0.2, 0.25) is 0 Å². The Morgan fingerprint density at radius 2 is 0.955 bits per heavy atom. The molecule has 0 saturated carbocycles. The summed E-state index contributed by atoms with van der Waals surface area (Å²) < 4.78 is 0. The fourth-order valence-electron chi connectivity index (χ4n) is 2.25. The lowest BCUT2D eigenvalue weighted by molar-refractivity contribution is 0.377. The first-order chi connectivity index (χ1) is 10.8. The third-order valence-electron chi connectivity index (χ3n) is 3.29. The summed E-state index contributed by atoms with van der Waals surface area (Å²) in [5.41, 5.74) is 7.09.